The Morgan fingerprint density at radius 1 is 1.14 bits per heavy atom. The molecule has 1 N–H and O–H groups in total. The zero-order valence-corrected chi connectivity index (χ0v) is 12.9. The molecule has 3 rings (SSSR count). The van der Waals surface area contributed by atoms with Gasteiger partial charge in [-0.25, -0.2) is 8.42 Å². The number of carboxylic acids is 1. The Morgan fingerprint density at radius 2 is 1.77 bits per heavy atom. The number of benzene rings is 2. The first kappa shape index (κ1) is 14.9. The lowest BCUT2D eigenvalue weighted by Gasteiger charge is -2.19. The van der Waals surface area contributed by atoms with Crippen LogP contribution in [-0.4, -0.2) is 26.0 Å². The van der Waals surface area contributed by atoms with E-state index in [0.29, 0.717) is 16.3 Å². The minimum Gasteiger partial charge on any atom is -0.481 e. The molecule has 7 heteroatoms. The standard InChI is InChI=1S/C15H12ClNO4S/c16-10-5-7-11(8-6-10)22(20,21)17-9-13(15(18)19)12-3-1-2-4-14(12)17/h1-8,13H,9H2,(H,18,19). The van der Waals surface area contributed by atoms with E-state index in [1.807, 2.05) is 0 Å². The van der Waals surface area contributed by atoms with Gasteiger partial charge in [-0.15, -0.1) is 0 Å². The first-order chi connectivity index (χ1) is 10.4. The van der Waals surface area contributed by atoms with Crippen LogP contribution in [0, 0.1) is 0 Å². The van der Waals surface area contributed by atoms with Gasteiger partial charge in [-0.3, -0.25) is 9.10 Å². The minimum atomic E-state index is -3.82. The van der Waals surface area contributed by atoms with Crippen molar-refractivity contribution in [2.45, 2.75) is 10.8 Å². The van der Waals surface area contributed by atoms with E-state index < -0.39 is 21.9 Å². The molecule has 0 aromatic heterocycles. The van der Waals surface area contributed by atoms with Crippen LogP contribution in [0.25, 0.3) is 0 Å². The van der Waals surface area contributed by atoms with Gasteiger partial charge in [0.15, 0.2) is 0 Å². The predicted octanol–water partition coefficient (Wildman–Crippen LogP) is 2.72. The molecular formula is C15H12ClNO4S. The van der Waals surface area contributed by atoms with Crippen molar-refractivity contribution in [2.24, 2.45) is 0 Å². The Bertz CT molecular complexity index is 833. The van der Waals surface area contributed by atoms with E-state index in [9.17, 15) is 18.3 Å². The number of carbonyl (C=O) groups is 1. The molecule has 0 spiro atoms. The predicted molar refractivity (Wildman–Crippen MR) is 82.8 cm³/mol. The molecule has 1 heterocycles. The topological polar surface area (TPSA) is 74.7 Å². The number of nitrogens with zero attached hydrogens (tertiary/aromatic N) is 1. The average Bonchev–Trinajstić information content (AvgIpc) is 2.88. The van der Waals surface area contributed by atoms with Crippen molar-refractivity contribution >= 4 is 33.3 Å². The smallest absolute Gasteiger partial charge is 0.312 e. The summed E-state index contributed by atoms with van der Waals surface area (Å²) in [6.45, 7) is -0.111. The molecule has 0 amide bonds. The Balaban J connectivity index is 2.09. The summed E-state index contributed by atoms with van der Waals surface area (Å²) < 4.78 is 26.7. The molecule has 0 radical (unpaired) electrons. The quantitative estimate of drug-likeness (QED) is 0.934. The Morgan fingerprint density at radius 3 is 2.41 bits per heavy atom. The lowest BCUT2D eigenvalue weighted by molar-refractivity contribution is -0.138. The van der Waals surface area contributed by atoms with Crippen molar-refractivity contribution in [2.75, 3.05) is 10.8 Å². The molecular weight excluding hydrogens is 326 g/mol. The van der Waals surface area contributed by atoms with Crippen LogP contribution in [0.15, 0.2) is 53.4 Å². The molecule has 22 heavy (non-hydrogen) atoms. The van der Waals surface area contributed by atoms with Gasteiger partial charge in [-0.1, -0.05) is 29.8 Å². The van der Waals surface area contributed by atoms with E-state index in [1.165, 1.54) is 24.3 Å². The van der Waals surface area contributed by atoms with Crippen molar-refractivity contribution in [1.29, 1.82) is 0 Å². The summed E-state index contributed by atoms with van der Waals surface area (Å²) in [6, 6.07) is 12.5. The monoisotopic (exact) mass is 337 g/mol. The van der Waals surface area contributed by atoms with Crippen LogP contribution in [-0.2, 0) is 14.8 Å². The highest BCUT2D eigenvalue weighted by molar-refractivity contribution is 7.92. The van der Waals surface area contributed by atoms with Crippen LogP contribution in [0.5, 0.6) is 0 Å². The number of fused-ring (bicyclic) bond motifs is 1. The van der Waals surface area contributed by atoms with Crippen LogP contribution < -0.4 is 4.31 Å². The van der Waals surface area contributed by atoms with Crippen molar-refractivity contribution in [3.63, 3.8) is 0 Å². The molecule has 2 aromatic rings. The number of halogens is 1. The van der Waals surface area contributed by atoms with Crippen LogP contribution >= 0.6 is 11.6 Å². The SMILES string of the molecule is O=C(O)C1CN(S(=O)(=O)c2ccc(Cl)cc2)c2ccccc21. The third-order valence-electron chi connectivity index (χ3n) is 3.63. The van der Waals surface area contributed by atoms with E-state index >= 15 is 0 Å². The average molecular weight is 338 g/mol. The second kappa shape index (κ2) is 5.30. The van der Waals surface area contributed by atoms with E-state index in [0.717, 1.165) is 4.31 Å². The van der Waals surface area contributed by atoms with E-state index in [4.69, 9.17) is 11.6 Å². The fraction of sp³-hybridized carbons (Fsp3) is 0.133. The summed E-state index contributed by atoms with van der Waals surface area (Å²) in [5, 5.41) is 9.75. The fourth-order valence-electron chi connectivity index (χ4n) is 2.54. The zero-order valence-electron chi connectivity index (χ0n) is 11.3. The number of rotatable bonds is 3. The largest absolute Gasteiger partial charge is 0.481 e. The molecule has 1 aliphatic rings. The van der Waals surface area contributed by atoms with Crippen LogP contribution in [0.4, 0.5) is 5.69 Å². The van der Waals surface area contributed by atoms with Crippen molar-refractivity contribution in [3.05, 3.63) is 59.1 Å². The minimum absolute atomic E-state index is 0.0812. The third kappa shape index (κ3) is 2.34. The Labute approximate surface area is 132 Å². The lowest BCUT2D eigenvalue weighted by Crippen LogP contribution is -2.31. The van der Waals surface area contributed by atoms with Gasteiger partial charge in [0, 0.05) is 5.02 Å². The number of para-hydroxylation sites is 1. The number of hydrogen-bond acceptors (Lipinski definition) is 3. The normalized spacial score (nSPS) is 17.3. The zero-order chi connectivity index (χ0) is 15.9. The van der Waals surface area contributed by atoms with Crippen molar-refractivity contribution in [3.8, 4) is 0 Å². The van der Waals surface area contributed by atoms with E-state index in [2.05, 4.69) is 0 Å². The van der Waals surface area contributed by atoms with Crippen molar-refractivity contribution < 1.29 is 18.3 Å². The number of carboxylic acid groups (broad SMARTS) is 1. The molecule has 0 fully saturated rings. The molecule has 1 atom stereocenters. The maximum absolute atomic E-state index is 12.8. The van der Waals surface area contributed by atoms with Gasteiger partial charge in [0.25, 0.3) is 10.0 Å². The maximum Gasteiger partial charge on any atom is 0.312 e. The third-order valence-corrected chi connectivity index (χ3v) is 5.67. The molecule has 114 valence electrons. The summed E-state index contributed by atoms with van der Waals surface area (Å²) in [5.41, 5.74) is 0.914. The summed E-state index contributed by atoms with van der Waals surface area (Å²) in [4.78, 5) is 11.5. The molecule has 5 nitrogen and oxygen atoms in total. The first-order valence-corrected chi connectivity index (χ1v) is 8.33. The van der Waals surface area contributed by atoms with E-state index in [-0.39, 0.29) is 11.4 Å². The highest BCUT2D eigenvalue weighted by Gasteiger charge is 2.39. The summed E-state index contributed by atoms with van der Waals surface area (Å²) in [6.07, 6.45) is 0. The fourth-order valence-corrected chi connectivity index (χ4v) is 4.18. The molecule has 0 saturated heterocycles. The van der Waals surface area contributed by atoms with E-state index in [1.54, 1.807) is 24.3 Å². The lowest BCUT2D eigenvalue weighted by atomic mass is 10.0. The number of anilines is 1. The highest BCUT2D eigenvalue weighted by Crippen LogP contribution is 2.39. The highest BCUT2D eigenvalue weighted by atomic mass is 35.5. The van der Waals surface area contributed by atoms with Gasteiger partial charge in [0.05, 0.1) is 17.1 Å². The number of aliphatic carboxylic acids is 1. The molecule has 1 unspecified atom stereocenters. The molecule has 1 aliphatic heterocycles. The summed E-state index contributed by atoms with van der Waals surface area (Å²) in [7, 11) is -3.82. The maximum atomic E-state index is 12.8. The van der Waals surface area contributed by atoms with Crippen molar-refractivity contribution in [1.82, 2.24) is 0 Å². The summed E-state index contributed by atoms with van der Waals surface area (Å²) >= 11 is 5.78. The number of hydrogen-bond donors (Lipinski definition) is 1. The molecule has 0 saturated carbocycles. The Kier molecular flexibility index (Phi) is 3.58. The summed E-state index contributed by atoms with van der Waals surface area (Å²) in [5.74, 6) is -1.90. The van der Waals surface area contributed by atoms with Gasteiger partial charge < -0.3 is 5.11 Å². The second-order valence-corrected chi connectivity index (χ2v) is 7.24. The first-order valence-electron chi connectivity index (χ1n) is 6.51. The van der Waals surface area contributed by atoms with Gasteiger partial charge in [0.1, 0.15) is 5.92 Å². The van der Waals surface area contributed by atoms with Crippen LogP contribution in [0.3, 0.4) is 0 Å². The van der Waals surface area contributed by atoms with Crippen LogP contribution in [0.1, 0.15) is 11.5 Å². The molecule has 0 bridgehead atoms. The number of sulfonamides is 1. The van der Waals surface area contributed by atoms with Gasteiger partial charge in [0.2, 0.25) is 0 Å². The molecule has 2 aromatic carbocycles. The van der Waals surface area contributed by atoms with Gasteiger partial charge in [-0.05, 0) is 35.9 Å². The van der Waals surface area contributed by atoms with Gasteiger partial charge >= 0.3 is 5.97 Å². The van der Waals surface area contributed by atoms with Crippen LogP contribution in [0.2, 0.25) is 5.02 Å². The van der Waals surface area contributed by atoms with Gasteiger partial charge in [-0.2, -0.15) is 0 Å². The molecule has 0 aliphatic carbocycles. The Hall–Kier alpha value is -2.05. The second-order valence-electron chi connectivity index (χ2n) is 4.94.